The normalized spacial score (nSPS) is 18.8. The summed E-state index contributed by atoms with van der Waals surface area (Å²) in [6.45, 7) is 0.607. The van der Waals surface area contributed by atoms with Crippen LogP contribution in [0, 0.1) is 5.92 Å². The van der Waals surface area contributed by atoms with Gasteiger partial charge in [-0.15, -0.1) is 5.10 Å². The molecule has 1 atom stereocenters. The highest BCUT2D eigenvalue weighted by Crippen LogP contribution is 2.23. The minimum atomic E-state index is -2.90. The first-order valence-electron chi connectivity index (χ1n) is 8.68. The van der Waals surface area contributed by atoms with Gasteiger partial charge in [-0.05, 0) is 30.0 Å². The molecule has 1 aromatic carbocycles. The predicted octanol–water partition coefficient (Wildman–Crippen LogP) is 2.37. The smallest absolute Gasteiger partial charge is 0.200 e. The average molecular weight is 368 g/mol. The summed E-state index contributed by atoms with van der Waals surface area (Å²) in [5.41, 5.74) is 1.85. The lowest BCUT2D eigenvalue weighted by molar-refractivity contribution is 0.534. The Balaban J connectivity index is 1.65. The van der Waals surface area contributed by atoms with E-state index in [9.17, 15) is 8.42 Å². The second-order valence-electron chi connectivity index (χ2n) is 6.68. The zero-order valence-electron chi connectivity index (χ0n) is 14.3. The van der Waals surface area contributed by atoms with E-state index in [1.165, 1.54) is 0 Å². The molecule has 6 nitrogen and oxygen atoms in total. The first-order chi connectivity index (χ1) is 12.6. The van der Waals surface area contributed by atoms with Crippen LogP contribution in [0.5, 0.6) is 0 Å². The van der Waals surface area contributed by atoms with E-state index in [1.807, 2.05) is 53.2 Å². The lowest BCUT2D eigenvalue weighted by atomic mass is 10.1. The largest absolute Gasteiger partial charge is 0.253 e. The van der Waals surface area contributed by atoms with Crippen LogP contribution in [0.15, 0.2) is 54.7 Å². The maximum atomic E-state index is 11.8. The SMILES string of the molecule is O=S1(=O)CCC(Cc2nc(-c3ccccn3)nn2Cc2ccccc2)C1. The molecule has 0 aliphatic carbocycles. The number of rotatable bonds is 5. The molecule has 0 bridgehead atoms. The highest BCUT2D eigenvalue weighted by molar-refractivity contribution is 7.91. The Bertz CT molecular complexity index is 985. The highest BCUT2D eigenvalue weighted by atomic mass is 32.2. The van der Waals surface area contributed by atoms with E-state index in [0.29, 0.717) is 25.2 Å². The van der Waals surface area contributed by atoms with Crippen molar-refractivity contribution in [3.63, 3.8) is 0 Å². The zero-order chi connectivity index (χ0) is 18.0. The molecule has 2 aromatic heterocycles. The van der Waals surface area contributed by atoms with Gasteiger partial charge in [0.1, 0.15) is 11.5 Å². The van der Waals surface area contributed by atoms with E-state index in [-0.39, 0.29) is 17.4 Å². The molecule has 134 valence electrons. The predicted molar refractivity (Wildman–Crippen MR) is 99.3 cm³/mol. The van der Waals surface area contributed by atoms with Gasteiger partial charge in [0, 0.05) is 12.6 Å². The Morgan fingerprint density at radius 1 is 1.08 bits per heavy atom. The van der Waals surface area contributed by atoms with E-state index in [1.54, 1.807) is 6.20 Å². The van der Waals surface area contributed by atoms with Gasteiger partial charge in [-0.3, -0.25) is 4.98 Å². The van der Waals surface area contributed by atoms with E-state index < -0.39 is 9.84 Å². The van der Waals surface area contributed by atoms with Crippen molar-refractivity contribution in [3.05, 3.63) is 66.1 Å². The molecule has 7 heteroatoms. The molecule has 1 fully saturated rings. The number of sulfone groups is 1. The fourth-order valence-electron chi connectivity index (χ4n) is 3.30. The van der Waals surface area contributed by atoms with Gasteiger partial charge in [-0.2, -0.15) is 0 Å². The van der Waals surface area contributed by atoms with Gasteiger partial charge >= 0.3 is 0 Å². The van der Waals surface area contributed by atoms with Crippen LogP contribution in [-0.4, -0.2) is 39.7 Å². The van der Waals surface area contributed by atoms with Crippen LogP contribution in [0.3, 0.4) is 0 Å². The molecule has 1 unspecified atom stereocenters. The lowest BCUT2D eigenvalue weighted by Gasteiger charge is -2.09. The Labute approximate surface area is 152 Å². The molecule has 0 spiro atoms. The molecular weight excluding hydrogens is 348 g/mol. The third kappa shape index (κ3) is 3.83. The summed E-state index contributed by atoms with van der Waals surface area (Å²) in [6.07, 6.45) is 3.03. The number of benzene rings is 1. The fourth-order valence-corrected chi connectivity index (χ4v) is 5.16. The van der Waals surface area contributed by atoms with Crippen molar-refractivity contribution >= 4 is 9.84 Å². The van der Waals surface area contributed by atoms with E-state index in [0.717, 1.165) is 17.1 Å². The van der Waals surface area contributed by atoms with E-state index >= 15 is 0 Å². The second kappa shape index (κ2) is 6.99. The summed E-state index contributed by atoms with van der Waals surface area (Å²) < 4.78 is 25.4. The number of hydrogen-bond donors (Lipinski definition) is 0. The third-order valence-corrected chi connectivity index (χ3v) is 6.45. The second-order valence-corrected chi connectivity index (χ2v) is 8.91. The van der Waals surface area contributed by atoms with Crippen LogP contribution in [0.2, 0.25) is 0 Å². The van der Waals surface area contributed by atoms with Crippen LogP contribution in [0.1, 0.15) is 17.8 Å². The first kappa shape index (κ1) is 16.9. The molecule has 0 amide bonds. The van der Waals surface area contributed by atoms with Crippen molar-refractivity contribution in [2.45, 2.75) is 19.4 Å². The molecule has 3 heterocycles. The van der Waals surface area contributed by atoms with E-state index in [2.05, 4.69) is 15.1 Å². The molecule has 26 heavy (non-hydrogen) atoms. The van der Waals surface area contributed by atoms with E-state index in [4.69, 9.17) is 0 Å². The molecule has 0 N–H and O–H groups in total. The van der Waals surface area contributed by atoms with Gasteiger partial charge in [0.25, 0.3) is 0 Å². The van der Waals surface area contributed by atoms with Crippen LogP contribution in [0.25, 0.3) is 11.5 Å². The molecule has 1 aliphatic rings. The van der Waals surface area contributed by atoms with Crippen LogP contribution in [0.4, 0.5) is 0 Å². The summed E-state index contributed by atoms with van der Waals surface area (Å²) >= 11 is 0. The Morgan fingerprint density at radius 3 is 2.58 bits per heavy atom. The van der Waals surface area contributed by atoms with Gasteiger partial charge in [-0.1, -0.05) is 36.4 Å². The average Bonchev–Trinajstić information content (AvgIpc) is 3.20. The number of nitrogens with zero attached hydrogens (tertiary/aromatic N) is 4. The maximum Gasteiger partial charge on any atom is 0.200 e. The first-order valence-corrected chi connectivity index (χ1v) is 10.5. The van der Waals surface area contributed by atoms with Gasteiger partial charge in [-0.25, -0.2) is 18.1 Å². The van der Waals surface area contributed by atoms with Gasteiger partial charge in [0.05, 0.1) is 18.1 Å². The summed E-state index contributed by atoms with van der Waals surface area (Å²) in [6, 6.07) is 15.7. The quantitative estimate of drug-likeness (QED) is 0.691. The van der Waals surface area contributed by atoms with Crippen molar-refractivity contribution in [1.29, 1.82) is 0 Å². The van der Waals surface area contributed by atoms with Crippen LogP contribution >= 0.6 is 0 Å². The zero-order valence-corrected chi connectivity index (χ0v) is 15.1. The lowest BCUT2D eigenvalue weighted by Crippen LogP contribution is -2.13. The number of aromatic nitrogens is 4. The van der Waals surface area contributed by atoms with Crippen molar-refractivity contribution in [3.8, 4) is 11.5 Å². The number of pyridine rings is 1. The molecule has 1 saturated heterocycles. The summed E-state index contributed by atoms with van der Waals surface area (Å²) in [5, 5.41) is 4.65. The van der Waals surface area contributed by atoms with Crippen molar-refractivity contribution in [2.75, 3.05) is 11.5 Å². The Kier molecular flexibility index (Phi) is 4.55. The van der Waals surface area contributed by atoms with Gasteiger partial charge in [0.2, 0.25) is 0 Å². The fraction of sp³-hybridized carbons (Fsp3) is 0.316. The van der Waals surface area contributed by atoms with Crippen molar-refractivity contribution in [2.24, 2.45) is 5.92 Å². The minimum Gasteiger partial charge on any atom is -0.253 e. The molecule has 1 aliphatic heterocycles. The van der Waals surface area contributed by atoms with Crippen LogP contribution < -0.4 is 0 Å². The van der Waals surface area contributed by atoms with Crippen LogP contribution in [-0.2, 0) is 22.8 Å². The van der Waals surface area contributed by atoms with Crippen molar-refractivity contribution < 1.29 is 8.42 Å². The maximum absolute atomic E-state index is 11.8. The molecule has 0 saturated carbocycles. The number of hydrogen-bond acceptors (Lipinski definition) is 5. The molecule has 4 rings (SSSR count). The molecular formula is C19H20N4O2S. The highest BCUT2D eigenvalue weighted by Gasteiger charge is 2.29. The minimum absolute atomic E-state index is 0.107. The standard InChI is InChI=1S/C19H20N4O2S/c24-26(25)11-9-16(14-26)12-18-21-19(17-8-4-5-10-20-17)22-23(18)13-15-6-2-1-3-7-15/h1-8,10,16H,9,11-14H2. The Hall–Kier alpha value is -2.54. The summed E-state index contributed by atoms with van der Waals surface area (Å²) in [5.74, 6) is 2.02. The monoisotopic (exact) mass is 368 g/mol. The topological polar surface area (TPSA) is 77.7 Å². The summed E-state index contributed by atoms with van der Waals surface area (Å²) in [4.78, 5) is 9.01. The molecule has 3 aromatic rings. The van der Waals surface area contributed by atoms with Gasteiger partial charge < -0.3 is 0 Å². The van der Waals surface area contributed by atoms with Crippen molar-refractivity contribution in [1.82, 2.24) is 19.7 Å². The molecule has 0 radical (unpaired) electrons. The Morgan fingerprint density at radius 2 is 1.88 bits per heavy atom. The summed E-state index contributed by atoms with van der Waals surface area (Å²) in [7, 11) is -2.90. The third-order valence-electron chi connectivity index (χ3n) is 4.62. The van der Waals surface area contributed by atoms with Gasteiger partial charge in [0.15, 0.2) is 15.7 Å².